The molecular formula is C14H29N3O3. The van der Waals surface area contributed by atoms with Crippen molar-refractivity contribution in [2.24, 2.45) is 5.73 Å². The van der Waals surface area contributed by atoms with Crippen LogP contribution in [-0.2, 0) is 9.47 Å². The summed E-state index contributed by atoms with van der Waals surface area (Å²) >= 11 is 0. The molecule has 0 bridgehead atoms. The first kappa shape index (κ1) is 17.2. The van der Waals surface area contributed by atoms with E-state index in [-0.39, 0.29) is 24.3 Å². The van der Waals surface area contributed by atoms with Gasteiger partial charge in [-0.3, -0.25) is 0 Å². The third-order valence-electron chi connectivity index (χ3n) is 3.16. The minimum Gasteiger partial charge on any atom is -0.444 e. The summed E-state index contributed by atoms with van der Waals surface area (Å²) in [5.74, 6) is 0. The number of rotatable bonds is 7. The Hall–Kier alpha value is -0.850. The summed E-state index contributed by atoms with van der Waals surface area (Å²) in [6, 6.07) is 0.188. The van der Waals surface area contributed by atoms with Crippen LogP contribution < -0.4 is 16.4 Å². The number of carbonyl (C=O) groups excluding carboxylic acids is 1. The molecule has 0 radical (unpaired) electrons. The highest BCUT2D eigenvalue weighted by atomic mass is 16.6. The number of carbonyl (C=O) groups is 1. The number of amides is 1. The third-order valence-corrected chi connectivity index (χ3v) is 3.16. The number of nitrogens with one attached hydrogen (secondary N) is 2. The van der Waals surface area contributed by atoms with Gasteiger partial charge in [0.2, 0.25) is 0 Å². The molecule has 0 aromatic carbocycles. The van der Waals surface area contributed by atoms with E-state index in [0.717, 1.165) is 19.4 Å². The molecule has 0 spiro atoms. The maximum atomic E-state index is 11.8. The van der Waals surface area contributed by atoms with Crippen molar-refractivity contribution >= 4 is 6.09 Å². The molecule has 6 heteroatoms. The van der Waals surface area contributed by atoms with E-state index in [0.29, 0.717) is 13.2 Å². The Labute approximate surface area is 121 Å². The predicted molar refractivity (Wildman–Crippen MR) is 78.7 cm³/mol. The normalized spacial score (nSPS) is 25.9. The lowest BCUT2D eigenvalue weighted by atomic mass is 9.82. The second kappa shape index (κ2) is 7.81. The molecule has 0 saturated heterocycles. The zero-order chi connectivity index (χ0) is 15.2. The van der Waals surface area contributed by atoms with Crippen LogP contribution in [0.15, 0.2) is 0 Å². The summed E-state index contributed by atoms with van der Waals surface area (Å²) in [6.07, 6.45) is 1.50. The van der Waals surface area contributed by atoms with Crippen molar-refractivity contribution in [2.75, 3.05) is 19.7 Å². The SMILES string of the molecule is CCOC1CC(NC(=O)OC(C)(C)C)C1NCCCN. The van der Waals surface area contributed by atoms with Gasteiger partial charge in [-0.15, -0.1) is 0 Å². The van der Waals surface area contributed by atoms with Gasteiger partial charge >= 0.3 is 6.09 Å². The standard InChI is InChI=1S/C14H29N3O3/c1-5-19-11-9-10(12(11)16-8-6-7-15)17-13(18)20-14(2,3)4/h10-12,16H,5-9,15H2,1-4H3,(H,17,18). The lowest BCUT2D eigenvalue weighted by Crippen LogP contribution is -2.66. The van der Waals surface area contributed by atoms with Crippen LogP contribution in [0.2, 0.25) is 0 Å². The molecule has 4 N–H and O–H groups in total. The molecule has 1 aliphatic rings. The zero-order valence-electron chi connectivity index (χ0n) is 13.1. The van der Waals surface area contributed by atoms with Crippen molar-refractivity contribution in [1.82, 2.24) is 10.6 Å². The molecule has 3 atom stereocenters. The average Bonchev–Trinajstić information content (AvgIpc) is 2.31. The number of ether oxygens (including phenoxy) is 2. The van der Waals surface area contributed by atoms with Crippen LogP contribution in [0, 0.1) is 0 Å². The van der Waals surface area contributed by atoms with Crippen LogP contribution in [0.25, 0.3) is 0 Å². The second-order valence-electron chi connectivity index (χ2n) is 6.10. The van der Waals surface area contributed by atoms with Crippen molar-refractivity contribution in [3.8, 4) is 0 Å². The first-order valence-corrected chi connectivity index (χ1v) is 7.42. The van der Waals surface area contributed by atoms with Gasteiger partial charge in [-0.05, 0) is 53.6 Å². The van der Waals surface area contributed by atoms with Gasteiger partial charge in [0.1, 0.15) is 5.60 Å². The van der Waals surface area contributed by atoms with Crippen LogP contribution >= 0.6 is 0 Å². The molecule has 20 heavy (non-hydrogen) atoms. The van der Waals surface area contributed by atoms with Crippen molar-refractivity contribution in [3.63, 3.8) is 0 Å². The average molecular weight is 287 g/mol. The highest BCUT2D eigenvalue weighted by Gasteiger charge is 2.42. The van der Waals surface area contributed by atoms with E-state index in [4.69, 9.17) is 15.2 Å². The Morgan fingerprint density at radius 3 is 2.65 bits per heavy atom. The fourth-order valence-corrected chi connectivity index (χ4v) is 2.24. The van der Waals surface area contributed by atoms with Crippen LogP contribution in [-0.4, -0.2) is 49.6 Å². The van der Waals surface area contributed by atoms with Gasteiger partial charge in [0.15, 0.2) is 0 Å². The van der Waals surface area contributed by atoms with Crippen molar-refractivity contribution in [3.05, 3.63) is 0 Å². The first-order chi connectivity index (χ1) is 9.37. The monoisotopic (exact) mass is 287 g/mol. The van der Waals surface area contributed by atoms with Crippen LogP contribution in [0.5, 0.6) is 0 Å². The lowest BCUT2D eigenvalue weighted by molar-refractivity contribution is -0.0431. The number of nitrogens with two attached hydrogens (primary N) is 1. The Bertz CT molecular complexity index is 305. The quantitative estimate of drug-likeness (QED) is 0.608. The van der Waals surface area contributed by atoms with Gasteiger partial charge < -0.3 is 25.8 Å². The maximum Gasteiger partial charge on any atom is 0.407 e. The minimum atomic E-state index is -0.477. The van der Waals surface area contributed by atoms with E-state index >= 15 is 0 Å². The fourth-order valence-electron chi connectivity index (χ4n) is 2.24. The fraction of sp³-hybridized carbons (Fsp3) is 0.929. The Balaban J connectivity index is 2.41. The van der Waals surface area contributed by atoms with Gasteiger partial charge in [-0.2, -0.15) is 0 Å². The summed E-state index contributed by atoms with van der Waals surface area (Å²) in [5.41, 5.74) is 5.01. The van der Waals surface area contributed by atoms with E-state index < -0.39 is 5.60 Å². The molecule has 6 nitrogen and oxygen atoms in total. The smallest absolute Gasteiger partial charge is 0.407 e. The molecule has 0 aliphatic heterocycles. The molecule has 1 aliphatic carbocycles. The van der Waals surface area contributed by atoms with E-state index in [1.165, 1.54) is 0 Å². The second-order valence-corrected chi connectivity index (χ2v) is 6.10. The molecule has 1 fully saturated rings. The van der Waals surface area contributed by atoms with E-state index in [1.807, 2.05) is 27.7 Å². The summed E-state index contributed by atoms with van der Waals surface area (Å²) in [6.45, 7) is 9.71. The molecule has 0 aromatic heterocycles. The molecule has 1 rings (SSSR count). The molecule has 118 valence electrons. The number of hydrogen-bond donors (Lipinski definition) is 3. The van der Waals surface area contributed by atoms with E-state index in [2.05, 4.69) is 10.6 Å². The molecule has 3 unspecified atom stereocenters. The van der Waals surface area contributed by atoms with E-state index in [9.17, 15) is 4.79 Å². The summed E-state index contributed by atoms with van der Waals surface area (Å²) in [7, 11) is 0. The summed E-state index contributed by atoms with van der Waals surface area (Å²) in [4.78, 5) is 11.8. The highest BCUT2D eigenvalue weighted by molar-refractivity contribution is 5.68. The Kier molecular flexibility index (Phi) is 6.71. The van der Waals surface area contributed by atoms with Crippen molar-refractivity contribution in [1.29, 1.82) is 0 Å². The van der Waals surface area contributed by atoms with E-state index in [1.54, 1.807) is 0 Å². The molecule has 0 aromatic rings. The summed E-state index contributed by atoms with van der Waals surface area (Å²) < 4.78 is 10.9. The molecule has 1 saturated carbocycles. The number of alkyl carbamates (subject to hydrolysis) is 1. The topological polar surface area (TPSA) is 85.6 Å². The van der Waals surface area contributed by atoms with Gasteiger partial charge in [-0.25, -0.2) is 4.79 Å². The largest absolute Gasteiger partial charge is 0.444 e. The van der Waals surface area contributed by atoms with Gasteiger partial charge in [0.05, 0.1) is 18.2 Å². The van der Waals surface area contributed by atoms with Gasteiger partial charge in [0.25, 0.3) is 0 Å². The Morgan fingerprint density at radius 2 is 2.10 bits per heavy atom. The highest BCUT2D eigenvalue weighted by Crippen LogP contribution is 2.25. The summed E-state index contributed by atoms with van der Waals surface area (Å²) in [5, 5.41) is 6.30. The predicted octanol–water partition coefficient (Wildman–Crippen LogP) is 0.996. The van der Waals surface area contributed by atoms with Gasteiger partial charge in [0, 0.05) is 6.61 Å². The lowest BCUT2D eigenvalue weighted by Gasteiger charge is -2.45. The zero-order valence-corrected chi connectivity index (χ0v) is 13.1. The van der Waals surface area contributed by atoms with Gasteiger partial charge in [-0.1, -0.05) is 0 Å². The first-order valence-electron chi connectivity index (χ1n) is 7.42. The number of hydrogen-bond acceptors (Lipinski definition) is 5. The van der Waals surface area contributed by atoms with Crippen LogP contribution in [0.3, 0.4) is 0 Å². The third kappa shape index (κ3) is 5.64. The molecule has 1 amide bonds. The minimum absolute atomic E-state index is 0.0548. The molecule has 0 heterocycles. The maximum absolute atomic E-state index is 11.8. The molecular weight excluding hydrogens is 258 g/mol. The van der Waals surface area contributed by atoms with Crippen molar-refractivity contribution < 1.29 is 14.3 Å². The van der Waals surface area contributed by atoms with Crippen molar-refractivity contribution in [2.45, 2.75) is 64.3 Å². The Morgan fingerprint density at radius 1 is 1.40 bits per heavy atom. The van der Waals surface area contributed by atoms with Crippen LogP contribution in [0.1, 0.15) is 40.5 Å². The van der Waals surface area contributed by atoms with Crippen LogP contribution in [0.4, 0.5) is 4.79 Å².